The van der Waals surface area contributed by atoms with E-state index in [0.717, 1.165) is 11.8 Å². The second-order valence-corrected chi connectivity index (χ2v) is 7.29. The van der Waals surface area contributed by atoms with Gasteiger partial charge in [-0.25, -0.2) is 9.18 Å². The van der Waals surface area contributed by atoms with Crippen LogP contribution in [0.5, 0.6) is 0 Å². The lowest BCUT2D eigenvalue weighted by atomic mass is 10.00. The summed E-state index contributed by atoms with van der Waals surface area (Å²) < 4.78 is 46.9. The minimum Gasteiger partial charge on any atom is -0.445 e. The Kier molecular flexibility index (Phi) is 5.26. The van der Waals surface area contributed by atoms with E-state index in [2.05, 4.69) is 0 Å². The molecule has 128 valence electrons. The van der Waals surface area contributed by atoms with E-state index in [0.29, 0.717) is 0 Å². The van der Waals surface area contributed by atoms with Crippen molar-refractivity contribution in [1.29, 1.82) is 0 Å². The second kappa shape index (κ2) is 6.84. The Morgan fingerprint density at radius 3 is 2.65 bits per heavy atom. The molecule has 1 aliphatic heterocycles. The average molecular weight is 345 g/mol. The highest BCUT2D eigenvalue weighted by Crippen LogP contribution is 2.32. The topological polar surface area (TPSA) is 72.9 Å². The van der Waals surface area contributed by atoms with Crippen molar-refractivity contribution in [2.45, 2.75) is 31.7 Å². The third kappa shape index (κ3) is 4.90. The lowest BCUT2D eigenvalue weighted by Crippen LogP contribution is -2.42. The Labute approximate surface area is 135 Å². The number of alkyl halides is 1. The molecule has 1 aliphatic rings. The predicted molar refractivity (Wildman–Crippen MR) is 82.0 cm³/mol. The predicted octanol–water partition coefficient (Wildman–Crippen LogP) is 2.10. The summed E-state index contributed by atoms with van der Waals surface area (Å²) in [4.78, 5) is 13.2. The van der Waals surface area contributed by atoms with Gasteiger partial charge in [0.05, 0.1) is 12.8 Å². The van der Waals surface area contributed by atoms with Gasteiger partial charge in [-0.05, 0) is 12.5 Å². The molecule has 2 unspecified atom stereocenters. The first-order valence-corrected chi connectivity index (χ1v) is 9.04. The number of nitrogens with zero attached hydrogens (tertiary/aromatic N) is 1. The Balaban J connectivity index is 1.89. The molecule has 1 heterocycles. The van der Waals surface area contributed by atoms with Crippen molar-refractivity contribution in [3.05, 3.63) is 35.9 Å². The zero-order valence-electron chi connectivity index (χ0n) is 13.1. The number of likely N-dealkylation sites (tertiary alicyclic amines) is 1. The Bertz CT molecular complexity index is 651. The van der Waals surface area contributed by atoms with E-state index < -0.39 is 28.0 Å². The van der Waals surface area contributed by atoms with Crippen LogP contribution >= 0.6 is 0 Å². The van der Waals surface area contributed by atoms with Crippen LogP contribution in [0, 0.1) is 0 Å². The van der Waals surface area contributed by atoms with Crippen LogP contribution in [-0.2, 0) is 25.6 Å². The van der Waals surface area contributed by atoms with E-state index in [1.54, 1.807) is 0 Å². The van der Waals surface area contributed by atoms with Gasteiger partial charge < -0.3 is 9.64 Å². The minimum atomic E-state index is -3.76. The standard InChI is InChI=1S/C15H20FNO5S/c1-12(22-23(2,19)20)15(16)8-9-17(11-15)14(18)21-10-13-6-4-3-5-7-13/h3-7,12H,8-11H2,1-2H3. The summed E-state index contributed by atoms with van der Waals surface area (Å²) in [5, 5.41) is 0. The molecule has 6 nitrogen and oxygen atoms in total. The molecule has 2 atom stereocenters. The fraction of sp³-hybridized carbons (Fsp3) is 0.533. The van der Waals surface area contributed by atoms with Crippen LogP contribution in [0.2, 0.25) is 0 Å². The van der Waals surface area contributed by atoms with Gasteiger partial charge in [-0.1, -0.05) is 30.3 Å². The molecule has 0 bridgehead atoms. The van der Waals surface area contributed by atoms with Crippen molar-refractivity contribution in [3.63, 3.8) is 0 Å². The van der Waals surface area contributed by atoms with E-state index in [9.17, 15) is 17.6 Å². The van der Waals surface area contributed by atoms with E-state index in [1.807, 2.05) is 30.3 Å². The molecule has 1 fully saturated rings. The molecule has 0 radical (unpaired) electrons. The monoisotopic (exact) mass is 345 g/mol. The normalized spacial score (nSPS) is 22.8. The summed E-state index contributed by atoms with van der Waals surface area (Å²) in [5.74, 6) is 0. The molecule has 8 heteroatoms. The van der Waals surface area contributed by atoms with Gasteiger partial charge >= 0.3 is 6.09 Å². The highest BCUT2D eigenvalue weighted by Gasteiger charge is 2.47. The molecule has 1 aromatic rings. The van der Waals surface area contributed by atoms with Gasteiger partial charge in [-0.2, -0.15) is 8.42 Å². The first-order valence-electron chi connectivity index (χ1n) is 7.22. The molecule has 2 rings (SSSR count). The zero-order valence-corrected chi connectivity index (χ0v) is 13.9. The smallest absolute Gasteiger partial charge is 0.410 e. The Morgan fingerprint density at radius 1 is 1.39 bits per heavy atom. The molecule has 0 saturated carbocycles. The molecule has 0 spiro atoms. The fourth-order valence-electron chi connectivity index (χ4n) is 2.44. The van der Waals surface area contributed by atoms with Gasteiger partial charge in [0, 0.05) is 13.0 Å². The summed E-state index contributed by atoms with van der Waals surface area (Å²) in [6.45, 7) is 1.35. The SMILES string of the molecule is CC(OS(C)(=O)=O)C1(F)CCN(C(=O)OCc2ccccc2)C1. The number of hydrogen-bond donors (Lipinski definition) is 0. The largest absolute Gasteiger partial charge is 0.445 e. The maximum atomic E-state index is 14.8. The van der Waals surface area contributed by atoms with Gasteiger partial charge in [-0.3, -0.25) is 4.18 Å². The van der Waals surface area contributed by atoms with Crippen LogP contribution in [0.1, 0.15) is 18.9 Å². The van der Waals surface area contributed by atoms with Crippen molar-refractivity contribution in [2.75, 3.05) is 19.3 Å². The van der Waals surface area contributed by atoms with Gasteiger partial charge in [0.1, 0.15) is 12.7 Å². The van der Waals surface area contributed by atoms with Crippen LogP contribution in [0.15, 0.2) is 30.3 Å². The van der Waals surface area contributed by atoms with Gasteiger partial charge in [-0.15, -0.1) is 0 Å². The molecule has 0 N–H and O–H groups in total. The third-order valence-corrected chi connectivity index (χ3v) is 4.40. The van der Waals surface area contributed by atoms with Crippen molar-refractivity contribution < 1.29 is 26.5 Å². The first-order chi connectivity index (χ1) is 10.7. The van der Waals surface area contributed by atoms with Gasteiger partial charge in [0.2, 0.25) is 0 Å². The highest BCUT2D eigenvalue weighted by molar-refractivity contribution is 7.86. The van der Waals surface area contributed by atoms with E-state index in [-0.39, 0.29) is 26.1 Å². The van der Waals surface area contributed by atoms with Crippen molar-refractivity contribution in [2.24, 2.45) is 0 Å². The quantitative estimate of drug-likeness (QED) is 0.764. The summed E-state index contributed by atoms with van der Waals surface area (Å²) >= 11 is 0. The second-order valence-electron chi connectivity index (χ2n) is 5.69. The maximum absolute atomic E-state index is 14.8. The summed E-state index contributed by atoms with van der Waals surface area (Å²) in [5.41, 5.74) is -1.07. The minimum absolute atomic E-state index is 0.00409. The first kappa shape index (κ1) is 17.7. The van der Waals surface area contributed by atoms with Crippen molar-refractivity contribution >= 4 is 16.2 Å². The number of rotatable bonds is 5. The molecule has 1 saturated heterocycles. The van der Waals surface area contributed by atoms with E-state index in [1.165, 1.54) is 11.8 Å². The lowest BCUT2D eigenvalue weighted by molar-refractivity contribution is 0.0287. The molecule has 1 amide bonds. The molecular weight excluding hydrogens is 325 g/mol. The summed E-state index contributed by atoms with van der Waals surface area (Å²) in [6, 6.07) is 9.15. The lowest BCUT2D eigenvalue weighted by Gasteiger charge is -2.26. The van der Waals surface area contributed by atoms with E-state index in [4.69, 9.17) is 8.92 Å². The molecular formula is C15H20FNO5S. The van der Waals surface area contributed by atoms with Crippen LogP contribution < -0.4 is 0 Å². The number of hydrogen-bond acceptors (Lipinski definition) is 5. The highest BCUT2D eigenvalue weighted by atomic mass is 32.2. The number of carbonyl (C=O) groups is 1. The van der Waals surface area contributed by atoms with Crippen molar-refractivity contribution in [3.8, 4) is 0 Å². The molecule has 0 aromatic heterocycles. The van der Waals surface area contributed by atoms with Crippen LogP contribution in [0.4, 0.5) is 9.18 Å². The average Bonchev–Trinajstić information content (AvgIpc) is 2.88. The summed E-state index contributed by atoms with van der Waals surface area (Å²) in [6.07, 6.45) is -0.915. The molecule has 0 aliphatic carbocycles. The maximum Gasteiger partial charge on any atom is 0.410 e. The van der Waals surface area contributed by atoms with Crippen LogP contribution in [-0.4, -0.2) is 50.5 Å². The number of halogens is 1. The van der Waals surface area contributed by atoms with Crippen LogP contribution in [0.25, 0.3) is 0 Å². The summed E-state index contributed by atoms with van der Waals surface area (Å²) in [7, 11) is -3.76. The molecule has 1 aromatic carbocycles. The fourth-order valence-corrected chi connectivity index (χ4v) is 3.14. The van der Waals surface area contributed by atoms with E-state index >= 15 is 0 Å². The van der Waals surface area contributed by atoms with Gasteiger partial charge in [0.25, 0.3) is 10.1 Å². The number of benzene rings is 1. The Hall–Kier alpha value is -1.67. The number of amides is 1. The van der Waals surface area contributed by atoms with Gasteiger partial charge in [0.15, 0.2) is 5.67 Å². The molecule has 23 heavy (non-hydrogen) atoms. The Morgan fingerprint density at radius 2 is 2.04 bits per heavy atom. The van der Waals surface area contributed by atoms with Crippen LogP contribution in [0.3, 0.4) is 0 Å². The number of carbonyl (C=O) groups excluding carboxylic acids is 1. The van der Waals surface area contributed by atoms with Crippen molar-refractivity contribution in [1.82, 2.24) is 4.90 Å². The zero-order chi connectivity index (χ0) is 17.1. The number of ether oxygens (including phenoxy) is 1. The third-order valence-electron chi connectivity index (χ3n) is 3.76.